The number of amides is 1. The smallest absolute Gasteiger partial charge is 0.547 e. The topological polar surface area (TPSA) is 98.5 Å². The maximum atomic E-state index is 12.9. The molecule has 0 spiro atoms. The predicted octanol–water partition coefficient (Wildman–Crippen LogP) is -3.16. The van der Waals surface area contributed by atoms with Crippen LogP contribution in [0.2, 0.25) is 0 Å². The zero-order valence-corrected chi connectivity index (χ0v) is 19.0. The third-order valence-corrected chi connectivity index (χ3v) is 7.18. The van der Waals surface area contributed by atoms with Crippen LogP contribution >= 0.6 is 11.8 Å². The van der Waals surface area contributed by atoms with Gasteiger partial charge in [-0.3, -0.25) is 4.79 Å². The van der Waals surface area contributed by atoms with Crippen molar-refractivity contribution in [2.24, 2.45) is 7.05 Å². The van der Waals surface area contributed by atoms with Gasteiger partial charge >= 0.3 is 51.4 Å². The molecule has 3 heterocycles. The van der Waals surface area contributed by atoms with E-state index in [4.69, 9.17) is 0 Å². The molecule has 1 amide bonds. The third-order valence-electron chi connectivity index (χ3n) is 5.53. The van der Waals surface area contributed by atoms with E-state index in [2.05, 4.69) is 4.98 Å². The summed E-state index contributed by atoms with van der Waals surface area (Å²) in [6, 6.07) is 7.60. The summed E-state index contributed by atoms with van der Waals surface area (Å²) < 4.78 is 1.00. The largest absolute Gasteiger partial charge is 1.00 e. The Morgan fingerprint density at radius 2 is 2.04 bits per heavy atom. The number of nitrogens with zero attached hydrogens (tertiary/aromatic N) is 3. The van der Waals surface area contributed by atoms with Crippen LogP contribution in [0.15, 0.2) is 24.3 Å². The van der Waals surface area contributed by atoms with Crippen LogP contribution in [0.3, 0.4) is 0 Å². The van der Waals surface area contributed by atoms with Crippen LogP contribution in [0.1, 0.15) is 25.6 Å². The van der Waals surface area contributed by atoms with E-state index < -0.39 is 28.8 Å². The molecule has 2 aromatic rings. The van der Waals surface area contributed by atoms with Gasteiger partial charge in [-0.2, -0.15) is 0 Å². The molecule has 0 aliphatic carbocycles. The van der Waals surface area contributed by atoms with Crippen molar-refractivity contribution < 1.29 is 71.2 Å². The van der Waals surface area contributed by atoms with Crippen LogP contribution in [0.25, 0.3) is 11.0 Å². The number of hydrogen-bond acceptors (Lipinski definition) is 6. The fourth-order valence-electron chi connectivity index (χ4n) is 4.04. The molecule has 2 saturated heterocycles. The second-order valence-corrected chi connectivity index (χ2v) is 8.77. The van der Waals surface area contributed by atoms with Crippen molar-refractivity contribution >= 4 is 34.7 Å². The molecule has 2 fully saturated rings. The Kier molecular flexibility index (Phi) is 5.14. The van der Waals surface area contributed by atoms with Gasteiger partial charge in [-0.25, -0.2) is 4.98 Å². The fraction of sp³-hybridized carbons (Fsp3) is 0.471. The predicted molar refractivity (Wildman–Crippen MR) is 90.6 cm³/mol. The number of aliphatic carboxylic acids is 1. The van der Waals surface area contributed by atoms with Gasteiger partial charge in [-0.1, -0.05) is 12.1 Å². The van der Waals surface area contributed by atoms with Gasteiger partial charge in [0.15, 0.2) is 0 Å². The molecule has 9 heteroatoms. The number of carbonyl (C=O) groups is 2. The molecule has 1 aromatic heterocycles. The molecule has 1 unspecified atom stereocenters. The molecule has 1 N–H and O–H groups in total. The van der Waals surface area contributed by atoms with Crippen LogP contribution in [-0.2, 0) is 16.6 Å². The van der Waals surface area contributed by atoms with Crippen molar-refractivity contribution in [3.8, 4) is 0 Å². The van der Waals surface area contributed by atoms with E-state index in [0.717, 1.165) is 11.0 Å². The quantitative estimate of drug-likeness (QED) is 0.432. The SMILES string of the molecule is Cn1c(C2C(=O)N3[C@@H]2SC(C)(C)[C@]3(CO)C(=O)[O-])nc2ccccc21.[K+]. The summed E-state index contributed by atoms with van der Waals surface area (Å²) in [6.07, 6.45) is 0. The number of carbonyl (C=O) groups excluding carboxylic acids is 2. The molecule has 1 aromatic carbocycles. The van der Waals surface area contributed by atoms with Gasteiger partial charge in [-0.05, 0) is 26.0 Å². The van der Waals surface area contributed by atoms with Crippen molar-refractivity contribution in [2.75, 3.05) is 6.61 Å². The van der Waals surface area contributed by atoms with E-state index in [0.29, 0.717) is 5.82 Å². The number of aliphatic hydroxyl groups is 1. The Labute approximate surface area is 197 Å². The minimum Gasteiger partial charge on any atom is -0.547 e. The van der Waals surface area contributed by atoms with Gasteiger partial charge in [-0.15, -0.1) is 11.8 Å². The van der Waals surface area contributed by atoms with Crippen LogP contribution in [0.5, 0.6) is 0 Å². The zero-order valence-electron chi connectivity index (χ0n) is 15.1. The first kappa shape index (κ1) is 20.3. The van der Waals surface area contributed by atoms with Gasteiger partial charge in [0.25, 0.3) is 0 Å². The van der Waals surface area contributed by atoms with Crippen molar-refractivity contribution in [1.82, 2.24) is 14.5 Å². The number of para-hydroxylation sites is 2. The second-order valence-electron chi connectivity index (χ2n) is 7.03. The molecule has 7 nitrogen and oxygen atoms in total. The first-order chi connectivity index (χ1) is 11.8. The van der Waals surface area contributed by atoms with Gasteiger partial charge in [0.2, 0.25) is 5.91 Å². The van der Waals surface area contributed by atoms with Crippen LogP contribution in [-0.4, -0.2) is 53.7 Å². The first-order valence-corrected chi connectivity index (χ1v) is 8.89. The number of carboxylic acid groups (broad SMARTS) is 1. The van der Waals surface area contributed by atoms with E-state index in [1.807, 2.05) is 35.9 Å². The molecule has 4 rings (SSSR count). The van der Waals surface area contributed by atoms with Crippen LogP contribution in [0.4, 0.5) is 0 Å². The Hall–Kier alpha value is -0.424. The standard InChI is InChI=1S/C17H19N3O4S.K/c1-16(2)17(8-21,15(23)24)20-13(22)11(14(20)25-16)12-18-9-6-4-5-7-10(9)19(12)3;/h4-7,11,14,21H,8H2,1-3H3,(H,23,24);/q;+1/p-1/t11?,14-,17+;/m1./s1. The molecule has 2 aliphatic rings. The number of hydrogen-bond donors (Lipinski definition) is 1. The molecule has 3 atom stereocenters. The van der Waals surface area contributed by atoms with Gasteiger partial charge in [0, 0.05) is 11.8 Å². The minimum atomic E-state index is -1.72. The number of aromatic nitrogens is 2. The molecule has 0 saturated carbocycles. The molecule has 0 bridgehead atoms. The molecular weight excluding hydrogens is 381 g/mol. The number of thioether (sulfide) groups is 1. The number of β-lactam (4-membered cyclic amide) rings is 1. The Morgan fingerprint density at radius 3 is 2.62 bits per heavy atom. The summed E-state index contributed by atoms with van der Waals surface area (Å²) in [5.41, 5.74) is -0.0123. The summed E-state index contributed by atoms with van der Waals surface area (Å²) in [6.45, 7) is 2.77. The Balaban J connectivity index is 0.00000196. The molecule has 0 radical (unpaired) electrons. The van der Waals surface area contributed by atoms with Crippen molar-refractivity contribution in [2.45, 2.75) is 35.4 Å². The average Bonchev–Trinajstić information content (AvgIpc) is 2.98. The van der Waals surface area contributed by atoms with E-state index in [1.54, 1.807) is 13.8 Å². The van der Waals surface area contributed by atoms with Crippen molar-refractivity contribution in [3.63, 3.8) is 0 Å². The second kappa shape index (κ2) is 6.58. The molecular formula is C17H18KN3O4S. The summed E-state index contributed by atoms with van der Waals surface area (Å²) >= 11 is 1.37. The van der Waals surface area contributed by atoms with Gasteiger partial charge < -0.3 is 24.5 Å². The molecule has 26 heavy (non-hydrogen) atoms. The van der Waals surface area contributed by atoms with E-state index in [1.165, 1.54) is 16.7 Å². The van der Waals surface area contributed by atoms with Gasteiger partial charge in [0.1, 0.15) is 17.3 Å². The number of fused-ring (bicyclic) bond motifs is 2. The summed E-state index contributed by atoms with van der Waals surface area (Å²) in [4.78, 5) is 30.6. The number of rotatable bonds is 3. The van der Waals surface area contributed by atoms with E-state index in [9.17, 15) is 19.8 Å². The molecule has 132 valence electrons. The Morgan fingerprint density at radius 1 is 1.38 bits per heavy atom. The van der Waals surface area contributed by atoms with Crippen LogP contribution in [0, 0.1) is 0 Å². The summed E-state index contributed by atoms with van der Waals surface area (Å²) in [7, 11) is 1.85. The summed E-state index contributed by atoms with van der Waals surface area (Å²) in [5, 5.41) is 21.3. The number of benzene rings is 1. The monoisotopic (exact) mass is 399 g/mol. The summed E-state index contributed by atoms with van der Waals surface area (Å²) in [5.74, 6) is -1.68. The minimum absolute atomic E-state index is 0. The Bertz CT molecular complexity index is 915. The van der Waals surface area contributed by atoms with Gasteiger partial charge in [0.05, 0.1) is 29.0 Å². The van der Waals surface area contributed by atoms with Crippen molar-refractivity contribution in [1.29, 1.82) is 0 Å². The van der Waals surface area contributed by atoms with E-state index >= 15 is 0 Å². The van der Waals surface area contributed by atoms with Crippen LogP contribution < -0.4 is 56.5 Å². The maximum absolute atomic E-state index is 12.9. The average molecular weight is 400 g/mol. The third kappa shape index (κ3) is 2.35. The number of carboxylic acids is 1. The number of imidazole rings is 1. The fourth-order valence-corrected chi connectivity index (χ4v) is 5.84. The maximum Gasteiger partial charge on any atom is 1.00 e. The normalized spacial score (nSPS) is 29.2. The zero-order chi connectivity index (χ0) is 18.1. The number of aliphatic hydroxyl groups excluding tert-OH is 1. The van der Waals surface area contributed by atoms with Crippen molar-refractivity contribution in [3.05, 3.63) is 30.1 Å². The first-order valence-electron chi connectivity index (χ1n) is 8.01. The number of aryl methyl sites for hydroxylation is 1. The molecule has 2 aliphatic heterocycles. The van der Waals surface area contributed by atoms with E-state index in [-0.39, 0.29) is 62.7 Å².